The van der Waals surface area contributed by atoms with E-state index in [0.717, 1.165) is 0 Å². The van der Waals surface area contributed by atoms with E-state index in [-0.39, 0.29) is 11.5 Å². The van der Waals surface area contributed by atoms with E-state index >= 15 is 0 Å². The second-order valence-corrected chi connectivity index (χ2v) is 5.54. The summed E-state index contributed by atoms with van der Waals surface area (Å²) in [7, 11) is 1.97. The Morgan fingerprint density at radius 3 is 2.23 bits per heavy atom. The summed E-state index contributed by atoms with van der Waals surface area (Å²) in [6.45, 7) is 6.87. The van der Waals surface area contributed by atoms with Crippen LogP contribution in [0.4, 0.5) is 0 Å². The number of aliphatic hydroxyl groups excluding tert-OH is 1. The van der Waals surface area contributed by atoms with Crippen molar-refractivity contribution in [1.82, 2.24) is 5.32 Å². The SMILES string of the molecule is CN[C@H]1[C@H]2CC[C@](C)([C@H]1O)C2(C)C. The molecule has 0 spiro atoms. The molecule has 0 aromatic carbocycles. The van der Waals surface area contributed by atoms with E-state index in [4.69, 9.17) is 0 Å². The molecule has 0 unspecified atom stereocenters. The van der Waals surface area contributed by atoms with Crippen molar-refractivity contribution in [3.8, 4) is 0 Å². The Balaban J connectivity index is 2.39. The van der Waals surface area contributed by atoms with Crippen molar-refractivity contribution in [2.45, 2.75) is 45.8 Å². The minimum atomic E-state index is -0.161. The van der Waals surface area contributed by atoms with Crippen LogP contribution in [-0.4, -0.2) is 24.3 Å². The van der Waals surface area contributed by atoms with Gasteiger partial charge < -0.3 is 10.4 Å². The molecule has 0 saturated heterocycles. The molecule has 2 nitrogen and oxygen atoms in total. The Morgan fingerprint density at radius 2 is 1.92 bits per heavy atom. The summed E-state index contributed by atoms with van der Waals surface area (Å²) >= 11 is 0. The van der Waals surface area contributed by atoms with E-state index < -0.39 is 0 Å². The standard InChI is InChI=1S/C11H21NO/c1-10(2)7-5-6-11(10,3)9(13)8(7)12-4/h7-9,12-13H,5-6H2,1-4H3/t7-,8+,9+,11-/m1/s1. The van der Waals surface area contributed by atoms with Crippen LogP contribution >= 0.6 is 0 Å². The van der Waals surface area contributed by atoms with E-state index in [0.29, 0.717) is 17.4 Å². The van der Waals surface area contributed by atoms with Crippen LogP contribution in [-0.2, 0) is 0 Å². The molecule has 2 N–H and O–H groups in total. The van der Waals surface area contributed by atoms with Gasteiger partial charge in [-0.05, 0) is 31.2 Å². The van der Waals surface area contributed by atoms with Gasteiger partial charge in [0.15, 0.2) is 0 Å². The average Bonchev–Trinajstić information content (AvgIpc) is 2.36. The normalized spacial score (nSPS) is 52.8. The molecule has 2 aliphatic carbocycles. The van der Waals surface area contributed by atoms with Crippen LogP contribution < -0.4 is 5.32 Å². The molecule has 2 heteroatoms. The van der Waals surface area contributed by atoms with E-state index in [2.05, 4.69) is 26.1 Å². The number of rotatable bonds is 1. The molecule has 2 bridgehead atoms. The summed E-state index contributed by atoms with van der Waals surface area (Å²) in [5.41, 5.74) is 0.422. The highest BCUT2D eigenvalue weighted by Gasteiger charge is 2.65. The summed E-state index contributed by atoms with van der Waals surface area (Å²) < 4.78 is 0. The molecule has 2 rings (SSSR count). The third-order valence-corrected chi connectivity index (χ3v) is 5.13. The molecule has 0 aliphatic heterocycles. The van der Waals surface area contributed by atoms with Crippen molar-refractivity contribution >= 4 is 0 Å². The lowest BCUT2D eigenvalue weighted by Crippen LogP contribution is -2.45. The summed E-state index contributed by atoms with van der Waals surface area (Å²) in [5.74, 6) is 0.650. The van der Waals surface area contributed by atoms with Crippen molar-refractivity contribution in [3.63, 3.8) is 0 Å². The molecule has 2 aliphatic rings. The Kier molecular flexibility index (Phi) is 1.81. The minimum absolute atomic E-state index is 0.130. The number of hydrogen-bond acceptors (Lipinski definition) is 2. The Morgan fingerprint density at radius 1 is 1.31 bits per heavy atom. The maximum atomic E-state index is 10.2. The van der Waals surface area contributed by atoms with Crippen LogP contribution in [0.5, 0.6) is 0 Å². The first-order valence-corrected chi connectivity index (χ1v) is 5.30. The number of fused-ring (bicyclic) bond motifs is 2. The van der Waals surface area contributed by atoms with Crippen LogP contribution in [0.25, 0.3) is 0 Å². The van der Waals surface area contributed by atoms with Crippen LogP contribution in [0.15, 0.2) is 0 Å². The summed E-state index contributed by atoms with van der Waals surface area (Å²) in [4.78, 5) is 0. The lowest BCUT2D eigenvalue weighted by atomic mass is 9.70. The molecule has 2 saturated carbocycles. The number of aliphatic hydroxyl groups is 1. The van der Waals surface area contributed by atoms with E-state index in [9.17, 15) is 5.11 Å². The topological polar surface area (TPSA) is 32.3 Å². The highest BCUT2D eigenvalue weighted by atomic mass is 16.3. The maximum Gasteiger partial charge on any atom is 0.0754 e. The molecule has 0 amide bonds. The second kappa shape index (κ2) is 2.48. The van der Waals surface area contributed by atoms with E-state index in [1.165, 1.54) is 12.8 Å². The average molecular weight is 183 g/mol. The zero-order valence-corrected chi connectivity index (χ0v) is 9.09. The van der Waals surface area contributed by atoms with Crippen LogP contribution in [0.1, 0.15) is 33.6 Å². The zero-order valence-electron chi connectivity index (χ0n) is 9.09. The second-order valence-electron chi connectivity index (χ2n) is 5.54. The quantitative estimate of drug-likeness (QED) is 0.644. The highest BCUT2D eigenvalue weighted by molar-refractivity contribution is 5.16. The van der Waals surface area contributed by atoms with Gasteiger partial charge in [-0.2, -0.15) is 0 Å². The van der Waals surface area contributed by atoms with Gasteiger partial charge in [0.05, 0.1) is 6.10 Å². The van der Waals surface area contributed by atoms with Gasteiger partial charge in [0, 0.05) is 11.5 Å². The van der Waals surface area contributed by atoms with Gasteiger partial charge >= 0.3 is 0 Å². The molecule has 0 heterocycles. The number of hydrogen-bond donors (Lipinski definition) is 2. The smallest absolute Gasteiger partial charge is 0.0754 e. The van der Waals surface area contributed by atoms with E-state index in [1.807, 2.05) is 7.05 Å². The van der Waals surface area contributed by atoms with Crippen LogP contribution in [0.3, 0.4) is 0 Å². The fourth-order valence-corrected chi connectivity index (χ4v) is 3.69. The molecule has 2 fully saturated rings. The monoisotopic (exact) mass is 183 g/mol. The van der Waals surface area contributed by atoms with Gasteiger partial charge in [-0.15, -0.1) is 0 Å². The highest BCUT2D eigenvalue weighted by Crippen LogP contribution is 2.65. The Hall–Kier alpha value is -0.0800. The predicted molar refractivity (Wildman–Crippen MR) is 53.5 cm³/mol. The van der Waals surface area contributed by atoms with Gasteiger partial charge in [-0.3, -0.25) is 0 Å². The Labute approximate surface area is 80.7 Å². The first-order chi connectivity index (χ1) is 5.95. The van der Waals surface area contributed by atoms with Crippen molar-refractivity contribution < 1.29 is 5.11 Å². The Bertz CT molecular complexity index is 226. The van der Waals surface area contributed by atoms with Crippen molar-refractivity contribution in [2.75, 3.05) is 7.05 Å². The summed E-state index contributed by atoms with van der Waals surface area (Å²) in [6.07, 6.45) is 2.29. The maximum absolute atomic E-state index is 10.2. The van der Waals surface area contributed by atoms with Gasteiger partial charge in [0.25, 0.3) is 0 Å². The van der Waals surface area contributed by atoms with Crippen molar-refractivity contribution in [3.05, 3.63) is 0 Å². The van der Waals surface area contributed by atoms with Crippen LogP contribution in [0, 0.1) is 16.7 Å². The molecule has 4 atom stereocenters. The molecule has 0 aromatic rings. The molecule has 76 valence electrons. The molecular weight excluding hydrogens is 162 g/mol. The fraction of sp³-hybridized carbons (Fsp3) is 1.00. The lowest BCUT2D eigenvalue weighted by Gasteiger charge is -2.37. The minimum Gasteiger partial charge on any atom is -0.391 e. The third-order valence-electron chi connectivity index (χ3n) is 5.13. The summed E-state index contributed by atoms with van der Waals surface area (Å²) in [6, 6.07) is 0.314. The number of nitrogens with one attached hydrogen (secondary N) is 1. The van der Waals surface area contributed by atoms with Gasteiger partial charge in [0.2, 0.25) is 0 Å². The van der Waals surface area contributed by atoms with Gasteiger partial charge in [-0.1, -0.05) is 20.8 Å². The fourth-order valence-electron chi connectivity index (χ4n) is 3.69. The molecule has 0 aromatic heterocycles. The van der Waals surface area contributed by atoms with E-state index in [1.54, 1.807) is 0 Å². The molecule has 13 heavy (non-hydrogen) atoms. The largest absolute Gasteiger partial charge is 0.391 e. The lowest BCUT2D eigenvalue weighted by molar-refractivity contribution is 0.00130. The number of likely N-dealkylation sites (N-methyl/N-ethyl adjacent to an activating group) is 1. The van der Waals surface area contributed by atoms with Gasteiger partial charge in [0.1, 0.15) is 0 Å². The van der Waals surface area contributed by atoms with Crippen molar-refractivity contribution in [1.29, 1.82) is 0 Å². The van der Waals surface area contributed by atoms with Crippen LogP contribution in [0.2, 0.25) is 0 Å². The molecule has 0 radical (unpaired) electrons. The first-order valence-electron chi connectivity index (χ1n) is 5.30. The molecular formula is C11H21NO. The van der Waals surface area contributed by atoms with Gasteiger partial charge in [-0.25, -0.2) is 0 Å². The third kappa shape index (κ3) is 0.861. The first kappa shape index (κ1) is 9.47. The van der Waals surface area contributed by atoms with Crippen molar-refractivity contribution in [2.24, 2.45) is 16.7 Å². The summed E-state index contributed by atoms with van der Waals surface area (Å²) in [5, 5.41) is 13.5. The zero-order chi connectivity index (χ0) is 9.85. The predicted octanol–water partition coefficient (Wildman–Crippen LogP) is 1.39.